The molecule has 0 spiro atoms. The van der Waals surface area contributed by atoms with Crippen LogP contribution in [0.5, 0.6) is 0 Å². The molecule has 1 aromatic carbocycles. The smallest absolute Gasteiger partial charge is 0.276 e. The molecule has 5 heteroatoms. The molecule has 2 heterocycles. The Morgan fingerprint density at radius 1 is 1.26 bits per heavy atom. The van der Waals surface area contributed by atoms with Crippen LogP contribution in [0.1, 0.15) is 44.9 Å². The van der Waals surface area contributed by atoms with Crippen molar-refractivity contribution in [3.8, 4) is 5.69 Å². The Balaban J connectivity index is 1.85. The van der Waals surface area contributed by atoms with Gasteiger partial charge in [-0.15, -0.1) is 0 Å². The molecule has 27 heavy (non-hydrogen) atoms. The van der Waals surface area contributed by atoms with Gasteiger partial charge in [0.1, 0.15) is 0 Å². The third-order valence-electron chi connectivity index (χ3n) is 6.10. The normalized spacial score (nSPS) is 23.9. The van der Waals surface area contributed by atoms with E-state index in [0.29, 0.717) is 12.5 Å². The molecule has 1 fully saturated rings. The molecule has 5 nitrogen and oxygen atoms in total. The van der Waals surface area contributed by atoms with E-state index >= 15 is 0 Å². The predicted molar refractivity (Wildman–Crippen MR) is 109 cm³/mol. The molecule has 2 atom stereocenters. The first-order valence-electron chi connectivity index (χ1n) is 9.98. The van der Waals surface area contributed by atoms with Crippen LogP contribution in [-0.4, -0.2) is 38.1 Å². The van der Waals surface area contributed by atoms with E-state index in [2.05, 4.69) is 18.7 Å². The van der Waals surface area contributed by atoms with Gasteiger partial charge in [-0.3, -0.25) is 14.4 Å². The van der Waals surface area contributed by atoms with E-state index in [1.54, 1.807) is 4.68 Å². The standard InChI is InChI=1S/C22H33N3O2/c1-16(2)13-18-14-24(12-11-22(18,4)27)15-20-17(3)23(5)25(21(20)26)19-9-7-6-8-10-19/h6-10,16,18,27H,11-15H2,1-5H3/t18-,22+/m0/s1. The zero-order valence-corrected chi connectivity index (χ0v) is 17.3. The molecular weight excluding hydrogens is 338 g/mol. The monoisotopic (exact) mass is 371 g/mol. The fourth-order valence-electron chi connectivity index (χ4n) is 4.26. The molecule has 1 N–H and O–H groups in total. The van der Waals surface area contributed by atoms with E-state index in [0.717, 1.165) is 42.9 Å². The average molecular weight is 372 g/mol. The lowest BCUT2D eigenvalue weighted by molar-refractivity contribution is -0.0665. The van der Waals surface area contributed by atoms with Crippen LogP contribution in [0.2, 0.25) is 0 Å². The minimum Gasteiger partial charge on any atom is -0.390 e. The highest BCUT2D eigenvalue weighted by atomic mass is 16.3. The van der Waals surface area contributed by atoms with Crippen molar-refractivity contribution in [3.63, 3.8) is 0 Å². The third-order valence-corrected chi connectivity index (χ3v) is 6.10. The van der Waals surface area contributed by atoms with Crippen molar-refractivity contribution in [2.45, 2.75) is 52.7 Å². The van der Waals surface area contributed by atoms with E-state index in [1.807, 2.05) is 55.9 Å². The molecule has 0 radical (unpaired) electrons. The number of benzene rings is 1. The van der Waals surface area contributed by atoms with Crippen LogP contribution in [0, 0.1) is 18.8 Å². The molecule has 0 bridgehead atoms. The van der Waals surface area contributed by atoms with E-state index in [9.17, 15) is 9.90 Å². The van der Waals surface area contributed by atoms with Crippen LogP contribution in [0.4, 0.5) is 0 Å². The summed E-state index contributed by atoms with van der Waals surface area (Å²) in [4.78, 5) is 15.5. The SMILES string of the molecule is Cc1c(CN2CC[C@@](C)(O)[C@@H](CC(C)C)C2)c(=O)n(-c2ccccc2)n1C. The van der Waals surface area contributed by atoms with E-state index in [4.69, 9.17) is 0 Å². The lowest BCUT2D eigenvalue weighted by Crippen LogP contribution is -2.50. The number of aromatic nitrogens is 2. The molecule has 0 saturated carbocycles. The fraction of sp³-hybridized carbons (Fsp3) is 0.591. The second-order valence-corrected chi connectivity index (χ2v) is 8.71. The van der Waals surface area contributed by atoms with Gasteiger partial charge in [0.05, 0.1) is 16.9 Å². The summed E-state index contributed by atoms with van der Waals surface area (Å²) in [5.41, 5.74) is 2.18. The largest absolute Gasteiger partial charge is 0.390 e. The molecule has 3 rings (SSSR count). The summed E-state index contributed by atoms with van der Waals surface area (Å²) in [7, 11) is 1.94. The first-order valence-corrected chi connectivity index (χ1v) is 9.98. The molecule has 0 amide bonds. The van der Waals surface area contributed by atoms with Crippen LogP contribution in [-0.2, 0) is 13.6 Å². The Labute approximate surface area is 162 Å². The zero-order chi connectivity index (χ0) is 19.8. The van der Waals surface area contributed by atoms with Crippen molar-refractivity contribution in [1.29, 1.82) is 0 Å². The van der Waals surface area contributed by atoms with Crippen molar-refractivity contribution in [2.24, 2.45) is 18.9 Å². The topological polar surface area (TPSA) is 50.4 Å². The minimum absolute atomic E-state index is 0.0546. The zero-order valence-electron chi connectivity index (χ0n) is 17.3. The summed E-state index contributed by atoms with van der Waals surface area (Å²) in [5, 5.41) is 10.8. The summed E-state index contributed by atoms with van der Waals surface area (Å²) in [5.74, 6) is 0.793. The number of para-hydroxylation sites is 1. The highest BCUT2D eigenvalue weighted by molar-refractivity contribution is 5.33. The summed E-state index contributed by atoms with van der Waals surface area (Å²) >= 11 is 0. The number of nitrogens with zero attached hydrogens (tertiary/aromatic N) is 3. The number of piperidine rings is 1. The summed E-state index contributed by atoms with van der Waals surface area (Å²) in [6.45, 7) is 10.7. The van der Waals surface area contributed by atoms with Gasteiger partial charge in [0.2, 0.25) is 0 Å². The molecular formula is C22H33N3O2. The highest BCUT2D eigenvalue weighted by Crippen LogP contribution is 2.33. The maximum Gasteiger partial charge on any atom is 0.276 e. The van der Waals surface area contributed by atoms with Gasteiger partial charge in [-0.05, 0) is 44.7 Å². The van der Waals surface area contributed by atoms with Crippen molar-refractivity contribution in [3.05, 3.63) is 51.9 Å². The van der Waals surface area contributed by atoms with E-state index in [1.165, 1.54) is 0 Å². The average Bonchev–Trinajstić information content (AvgIpc) is 2.82. The Morgan fingerprint density at radius 2 is 1.93 bits per heavy atom. The maximum absolute atomic E-state index is 13.1. The van der Waals surface area contributed by atoms with Crippen molar-refractivity contribution < 1.29 is 5.11 Å². The summed E-state index contributed by atoms with van der Waals surface area (Å²) in [6.07, 6.45) is 1.76. The molecule has 1 saturated heterocycles. The van der Waals surface area contributed by atoms with Gasteiger partial charge in [-0.1, -0.05) is 32.0 Å². The van der Waals surface area contributed by atoms with Gasteiger partial charge < -0.3 is 5.11 Å². The lowest BCUT2D eigenvalue weighted by Gasteiger charge is -2.43. The molecule has 2 aromatic rings. The first kappa shape index (κ1) is 19.9. The number of hydrogen-bond donors (Lipinski definition) is 1. The fourth-order valence-corrected chi connectivity index (χ4v) is 4.26. The minimum atomic E-state index is -0.614. The first-order chi connectivity index (χ1) is 12.7. The molecule has 0 unspecified atom stereocenters. The van der Waals surface area contributed by atoms with Crippen LogP contribution in [0.15, 0.2) is 35.1 Å². The lowest BCUT2D eigenvalue weighted by atomic mass is 9.78. The van der Waals surface area contributed by atoms with Crippen LogP contribution < -0.4 is 5.56 Å². The van der Waals surface area contributed by atoms with Crippen molar-refractivity contribution >= 4 is 0 Å². The van der Waals surface area contributed by atoms with Crippen LogP contribution in [0.3, 0.4) is 0 Å². The number of hydrogen-bond acceptors (Lipinski definition) is 3. The Kier molecular flexibility index (Phi) is 5.63. The summed E-state index contributed by atoms with van der Waals surface area (Å²) < 4.78 is 3.69. The van der Waals surface area contributed by atoms with Gasteiger partial charge in [-0.2, -0.15) is 0 Å². The predicted octanol–water partition coefficient (Wildman–Crippen LogP) is 3.10. The van der Waals surface area contributed by atoms with Gasteiger partial charge in [0.25, 0.3) is 5.56 Å². The van der Waals surface area contributed by atoms with Crippen molar-refractivity contribution in [2.75, 3.05) is 13.1 Å². The molecule has 1 aliphatic heterocycles. The van der Waals surface area contributed by atoms with Gasteiger partial charge in [0.15, 0.2) is 0 Å². The molecule has 0 aliphatic carbocycles. The number of likely N-dealkylation sites (tertiary alicyclic amines) is 1. The number of aliphatic hydroxyl groups is 1. The van der Waals surface area contributed by atoms with Gasteiger partial charge >= 0.3 is 0 Å². The summed E-state index contributed by atoms with van der Waals surface area (Å²) in [6, 6.07) is 9.78. The Hall–Kier alpha value is -1.85. The second-order valence-electron chi connectivity index (χ2n) is 8.71. The van der Waals surface area contributed by atoms with Crippen molar-refractivity contribution in [1.82, 2.24) is 14.3 Å². The van der Waals surface area contributed by atoms with Gasteiger partial charge in [-0.25, -0.2) is 4.68 Å². The van der Waals surface area contributed by atoms with E-state index in [-0.39, 0.29) is 11.5 Å². The highest BCUT2D eigenvalue weighted by Gasteiger charge is 2.38. The maximum atomic E-state index is 13.1. The number of rotatable bonds is 5. The third kappa shape index (κ3) is 4.04. The van der Waals surface area contributed by atoms with E-state index < -0.39 is 5.60 Å². The van der Waals surface area contributed by atoms with Crippen LogP contribution in [0.25, 0.3) is 5.69 Å². The molecule has 1 aromatic heterocycles. The molecule has 148 valence electrons. The van der Waals surface area contributed by atoms with Gasteiger partial charge in [0, 0.05) is 38.3 Å². The second kappa shape index (κ2) is 7.64. The Bertz CT molecular complexity index is 833. The molecule has 1 aliphatic rings. The van der Waals surface area contributed by atoms with Crippen LogP contribution >= 0.6 is 0 Å². The Morgan fingerprint density at radius 3 is 2.56 bits per heavy atom. The quantitative estimate of drug-likeness (QED) is 0.879.